The molecule has 1 N–H and O–H groups in total. The van der Waals surface area contributed by atoms with Crippen LogP contribution >= 0.6 is 0 Å². The molecule has 5 nitrogen and oxygen atoms in total. The summed E-state index contributed by atoms with van der Waals surface area (Å²) in [6, 6.07) is 0. The van der Waals surface area contributed by atoms with Gasteiger partial charge in [-0.3, -0.25) is 4.79 Å². The number of aliphatic carboxylic acids is 1. The van der Waals surface area contributed by atoms with E-state index >= 15 is 0 Å². The summed E-state index contributed by atoms with van der Waals surface area (Å²) < 4.78 is 5.32. The topological polar surface area (TPSA) is 66.8 Å². The minimum Gasteiger partial charge on any atom is -0.479 e. The van der Waals surface area contributed by atoms with Gasteiger partial charge in [-0.1, -0.05) is 19.8 Å². The number of methoxy groups -OCH3 is 1. The van der Waals surface area contributed by atoms with Crippen molar-refractivity contribution in [1.29, 1.82) is 0 Å². The van der Waals surface area contributed by atoms with E-state index in [9.17, 15) is 14.7 Å². The van der Waals surface area contributed by atoms with Crippen LogP contribution in [0.25, 0.3) is 0 Å². The molecule has 1 saturated carbocycles. The molecule has 0 radical (unpaired) electrons. The number of carboxylic acids is 1. The average molecular weight is 243 g/mol. The van der Waals surface area contributed by atoms with E-state index in [2.05, 4.69) is 0 Å². The second-order valence-corrected chi connectivity index (χ2v) is 4.50. The maximum Gasteiger partial charge on any atom is 0.332 e. The Labute approximate surface area is 102 Å². The fourth-order valence-corrected chi connectivity index (χ4v) is 2.72. The summed E-state index contributed by atoms with van der Waals surface area (Å²) >= 11 is 0. The number of hydrogen-bond acceptors (Lipinski definition) is 3. The molecule has 1 aliphatic carbocycles. The number of rotatable bonds is 6. The number of nitrogens with zero attached hydrogens (tertiary/aromatic N) is 1. The van der Waals surface area contributed by atoms with Crippen LogP contribution in [-0.2, 0) is 14.3 Å². The summed E-state index contributed by atoms with van der Waals surface area (Å²) in [7, 11) is 1.52. The molecule has 0 aromatic heterocycles. The zero-order valence-electron chi connectivity index (χ0n) is 10.5. The van der Waals surface area contributed by atoms with Gasteiger partial charge < -0.3 is 14.7 Å². The number of carboxylic acid groups (broad SMARTS) is 1. The Balaban J connectivity index is 3.07. The Bertz CT molecular complexity index is 282. The molecular formula is C12H21NO4. The summed E-state index contributed by atoms with van der Waals surface area (Å²) in [6.45, 7) is 2.38. The van der Waals surface area contributed by atoms with Crippen LogP contribution in [-0.4, -0.2) is 47.7 Å². The minimum atomic E-state index is -1.18. The van der Waals surface area contributed by atoms with E-state index in [0.29, 0.717) is 25.8 Å². The summed E-state index contributed by atoms with van der Waals surface area (Å²) in [6.07, 6.45) is 3.91. The molecule has 1 fully saturated rings. The van der Waals surface area contributed by atoms with Gasteiger partial charge in [-0.2, -0.15) is 0 Å². The summed E-state index contributed by atoms with van der Waals surface area (Å²) in [5, 5.41) is 9.54. The molecule has 1 rings (SSSR count). The summed E-state index contributed by atoms with van der Waals surface area (Å²) in [5.41, 5.74) is -1.18. The summed E-state index contributed by atoms with van der Waals surface area (Å²) in [5.74, 6) is -0.954. The molecule has 5 heteroatoms. The van der Waals surface area contributed by atoms with Crippen LogP contribution in [0.2, 0.25) is 0 Å². The number of carbonyl (C=O) groups is 2. The van der Waals surface area contributed by atoms with Crippen molar-refractivity contribution in [2.75, 3.05) is 13.7 Å². The van der Waals surface area contributed by atoms with Gasteiger partial charge in [0, 0.05) is 13.7 Å². The molecule has 0 aromatic rings. The van der Waals surface area contributed by atoms with Crippen LogP contribution in [0.4, 0.5) is 0 Å². The van der Waals surface area contributed by atoms with Crippen LogP contribution in [0.1, 0.15) is 39.0 Å². The molecule has 2 unspecified atom stereocenters. The monoisotopic (exact) mass is 243 g/mol. The molecule has 0 aliphatic heterocycles. The van der Waals surface area contributed by atoms with Gasteiger partial charge in [0.1, 0.15) is 0 Å². The number of carbonyl (C=O) groups excluding carboxylic acids is 1. The van der Waals surface area contributed by atoms with Gasteiger partial charge in [-0.05, 0) is 19.3 Å². The highest BCUT2D eigenvalue weighted by molar-refractivity contribution is 5.82. The third kappa shape index (κ3) is 2.44. The molecular weight excluding hydrogens is 222 g/mol. The van der Waals surface area contributed by atoms with E-state index < -0.39 is 17.6 Å². The van der Waals surface area contributed by atoms with Crippen molar-refractivity contribution in [2.45, 2.75) is 50.7 Å². The van der Waals surface area contributed by atoms with Crippen LogP contribution in [0, 0.1) is 0 Å². The van der Waals surface area contributed by atoms with E-state index in [0.717, 1.165) is 19.3 Å². The molecule has 98 valence electrons. The minimum absolute atomic E-state index is 0.412. The highest BCUT2D eigenvalue weighted by Gasteiger charge is 2.51. The van der Waals surface area contributed by atoms with Gasteiger partial charge in [0.2, 0.25) is 6.41 Å². The maximum atomic E-state index is 11.6. The van der Waals surface area contributed by atoms with Crippen LogP contribution in [0.15, 0.2) is 0 Å². The SMILES string of the molecule is CCCN(C=O)C1(C(=O)O)CCCCC1OC. The first-order valence-electron chi connectivity index (χ1n) is 6.11. The summed E-state index contributed by atoms with van der Waals surface area (Å²) in [4.78, 5) is 24.2. The third-order valence-electron chi connectivity index (χ3n) is 3.57. The van der Waals surface area contributed by atoms with E-state index in [4.69, 9.17) is 4.74 Å². The van der Waals surface area contributed by atoms with Crippen molar-refractivity contribution in [3.63, 3.8) is 0 Å². The number of ether oxygens (including phenoxy) is 1. The van der Waals surface area contributed by atoms with Gasteiger partial charge in [0.25, 0.3) is 0 Å². The normalized spacial score (nSPS) is 28.7. The Morgan fingerprint density at radius 3 is 2.76 bits per heavy atom. The van der Waals surface area contributed by atoms with Crippen molar-refractivity contribution in [2.24, 2.45) is 0 Å². The highest BCUT2D eigenvalue weighted by atomic mass is 16.5. The average Bonchev–Trinajstić information content (AvgIpc) is 2.35. The molecule has 0 spiro atoms. The van der Waals surface area contributed by atoms with Gasteiger partial charge in [-0.15, -0.1) is 0 Å². The largest absolute Gasteiger partial charge is 0.479 e. The van der Waals surface area contributed by atoms with Gasteiger partial charge >= 0.3 is 5.97 Å². The number of amides is 1. The molecule has 1 amide bonds. The predicted octanol–water partition coefficient (Wildman–Crippen LogP) is 1.27. The van der Waals surface area contributed by atoms with E-state index in [1.54, 1.807) is 0 Å². The van der Waals surface area contributed by atoms with Crippen molar-refractivity contribution in [1.82, 2.24) is 4.90 Å². The molecule has 0 heterocycles. The Morgan fingerprint density at radius 2 is 2.29 bits per heavy atom. The first-order chi connectivity index (χ1) is 8.13. The predicted molar refractivity (Wildman–Crippen MR) is 62.7 cm³/mol. The Kier molecular flexibility index (Phi) is 4.93. The Hall–Kier alpha value is -1.10. The van der Waals surface area contributed by atoms with Crippen LogP contribution < -0.4 is 0 Å². The number of hydrogen-bond donors (Lipinski definition) is 1. The first kappa shape index (κ1) is 14.0. The lowest BCUT2D eigenvalue weighted by Gasteiger charge is -2.45. The van der Waals surface area contributed by atoms with Crippen molar-refractivity contribution < 1.29 is 19.4 Å². The molecule has 2 atom stereocenters. The van der Waals surface area contributed by atoms with Gasteiger partial charge in [-0.25, -0.2) is 4.79 Å². The van der Waals surface area contributed by atoms with E-state index in [1.807, 2.05) is 6.92 Å². The zero-order chi connectivity index (χ0) is 12.9. The molecule has 0 saturated heterocycles. The maximum absolute atomic E-state index is 11.6. The van der Waals surface area contributed by atoms with Crippen molar-refractivity contribution in [3.8, 4) is 0 Å². The van der Waals surface area contributed by atoms with Crippen LogP contribution in [0.5, 0.6) is 0 Å². The van der Waals surface area contributed by atoms with E-state index in [-0.39, 0.29) is 0 Å². The zero-order valence-corrected chi connectivity index (χ0v) is 10.5. The first-order valence-corrected chi connectivity index (χ1v) is 6.11. The smallest absolute Gasteiger partial charge is 0.332 e. The second-order valence-electron chi connectivity index (χ2n) is 4.50. The Morgan fingerprint density at radius 1 is 1.59 bits per heavy atom. The lowest BCUT2D eigenvalue weighted by Crippen LogP contribution is -2.63. The molecule has 17 heavy (non-hydrogen) atoms. The standard InChI is InChI=1S/C12H21NO4/c1-3-8-13(9-14)12(11(15)16)7-5-4-6-10(12)17-2/h9-10H,3-8H2,1-2H3,(H,15,16). The molecule has 0 aromatic carbocycles. The van der Waals surface area contributed by atoms with Gasteiger partial charge in [0.15, 0.2) is 5.54 Å². The van der Waals surface area contributed by atoms with Gasteiger partial charge in [0.05, 0.1) is 6.10 Å². The molecule has 0 bridgehead atoms. The van der Waals surface area contributed by atoms with E-state index in [1.165, 1.54) is 12.0 Å². The lowest BCUT2D eigenvalue weighted by atomic mass is 9.77. The fourth-order valence-electron chi connectivity index (χ4n) is 2.72. The quantitative estimate of drug-likeness (QED) is 0.713. The van der Waals surface area contributed by atoms with Crippen molar-refractivity contribution >= 4 is 12.4 Å². The molecule has 1 aliphatic rings. The highest BCUT2D eigenvalue weighted by Crippen LogP contribution is 2.35. The van der Waals surface area contributed by atoms with Crippen LogP contribution in [0.3, 0.4) is 0 Å². The fraction of sp³-hybridized carbons (Fsp3) is 0.833. The van der Waals surface area contributed by atoms with Crippen molar-refractivity contribution in [3.05, 3.63) is 0 Å². The third-order valence-corrected chi connectivity index (χ3v) is 3.57. The second kappa shape index (κ2) is 6.00. The lowest BCUT2D eigenvalue weighted by molar-refractivity contribution is -0.170.